The summed E-state index contributed by atoms with van der Waals surface area (Å²) in [6, 6.07) is 5.02. The fourth-order valence-corrected chi connectivity index (χ4v) is 2.19. The molecule has 21 heavy (non-hydrogen) atoms. The first-order valence-electron chi connectivity index (χ1n) is 6.18. The van der Waals surface area contributed by atoms with E-state index in [1.54, 1.807) is 29.8 Å². The number of carboxylic acid groups (broad SMARTS) is 1. The minimum absolute atomic E-state index is 0.105. The van der Waals surface area contributed by atoms with Crippen molar-refractivity contribution in [2.24, 2.45) is 7.05 Å². The van der Waals surface area contributed by atoms with Crippen molar-refractivity contribution in [3.8, 4) is 0 Å². The molecule has 7 heteroatoms. The van der Waals surface area contributed by atoms with Crippen LogP contribution in [0, 0.1) is 0 Å². The highest BCUT2D eigenvalue weighted by atomic mass is 16.4. The van der Waals surface area contributed by atoms with Gasteiger partial charge in [0.1, 0.15) is 12.1 Å². The number of benzene rings is 1. The predicted octanol–water partition coefficient (Wildman–Crippen LogP) is 0.277. The lowest BCUT2D eigenvalue weighted by atomic mass is 10.1. The van der Waals surface area contributed by atoms with Crippen LogP contribution in [0.3, 0.4) is 0 Å². The molecule has 0 fully saturated rings. The molecule has 7 nitrogen and oxygen atoms in total. The number of pyridine rings is 1. The van der Waals surface area contributed by atoms with E-state index in [1.165, 1.54) is 13.2 Å². The molecule has 0 atom stereocenters. The van der Waals surface area contributed by atoms with Gasteiger partial charge in [0.15, 0.2) is 0 Å². The number of aryl methyl sites for hydroxylation is 1. The molecule has 0 aliphatic heterocycles. The smallest absolute Gasteiger partial charge is 0.323 e. The molecule has 0 radical (unpaired) electrons. The first-order chi connectivity index (χ1) is 9.82. The number of nitrogens with two attached hydrogens (primary N) is 1. The Morgan fingerprint density at radius 2 is 2.05 bits per heavy atom. The third-order valence-corrected chi connectivity index (χ3v) is 3.20. The fourth-order valence-electron chi connectivity index (χ4n) is 2.19. The van der Waals surface area contributed by atoms with E-state index in [-0.39, 0.29) is 16.6 Å². The van der Waals surface area contributed by atoms with Crippen molar-refractivity contribution in [2.45, 2.75) is 0 Å². The summed E-state index contributed by atoms with van der Waals surface area (Å²) in [5, 5.41) is 8.98. The van der Waals surface area contributed by atoms with Gasteiger partial charge in [-0.3, -0.25) is 14.4 Å². The van der Waals surface area contributed by atoms with Gasteiger partial charge in [0.05, 0.1) is 10.9 Å². The van der Waals surface area contributed by atoms with Gasteiger partial charge in [-0.1, -0.05) is 6.07 Å². The summed E-state index contributed by atoms with van der Waals surface area (Å²) in [7, 11) is 3.02. The minimum Gasteiger partial charge on any atom is -0.480 e. The van der Waals surface area contributed by atoms with Crippen molar-refractivity contribution >= 4 is 28.5 Å². The van der Waals surface area contributed by atoms with E-state index < -0.39 is 23.9 Å². The van der Waals surface area contributed by atoms with Crippen molar-refractivity contribution in [1.29, 1.82) is 0 Å². The molecule has 0 unspecified atom stereocenters. The predicted molar refractivity (Wildman–Crippen MR) is 78.2 cm³/mol. The maximum Gasteiger partial charge on any atom is 0.323 e. The molecule has 110 valence electrons. The van der Waals surface area contributed by atoms with E-state index >= 15 is 0 Å². The van der Waals surface area contributed by atoms with Crippen molar-refractivity contribution < 1.29 is 14.7 Å². The van der Waals surface area contributed by atoms with Crippen molar-refractivity contribution in [3.63, 3.8) is 0 Å². The number of anilines is 1. The lowest BCUT2D eigenvalue weighted by molar-refractivity contribution is -0.137. The highest BCUT2D eigenvalue weighted by Crippen LogP contribution is 2.17. The van der Waals surface area contributed by atoms with Gasteiger partial charge < -0.3 is 20.3 Å². The Morgan fingerprint density at radius 1 is 1.38 bits per heavy atom. The fraction of sp³-hybridized carbons (Fsp3) is 0.214. The van der Waals surface area contributed by atoms with Gasteiger partial charge in [-0.15, -0.1) is 0 Å². The Hall–Kier alpha value is -2.83. The van der Waals surface area contributed by atoms with Crippen LogP contribution in [0.5, 0.6) is 0 Å². The number of nitrogen functional groups attached to an aromatic ring is 1. The van der Waals surface area contributed by atoms with Gasteiger partial charge in [0.25, 0.3) is 5.91 Å². The van der Waals surface area contributed by atoms with Crippen LogP contribution in [-0.2, 0) is 11.8 Å². The van der Waals surface area contributed by atoms with Crippen LogP contribution in [0.15, 0.2) is 29.2 Å². The van der Waals surface area contributed by atoms with Crippen molar-refractivity contribution in [1.82, 2.24) is 9.47 Å². The molecule has 1 aromatic carbocycles. The number of hydrogen-bond donors (Lipinski definition) is 2. The summed E-state index contributed by atoms with van der Waals surface area (Å²) in [4.78, 5) is 36.3. The van der Waals surface area contributed by atoms with Crippen LogP contribution in [0.1, 0.15) is 10.4 Å². The average molecular weight is 289 g/mol. The van der Waals surface area contributed by atoms with Crippen LogP contribution < -0.4 is 11.2 Å². The van der Waals surface area contributed by atoms with Crippen LogP contribution in [0.2, 0.25) is 0 Å². The SMILES string of the molecule is CN(CC(=O)O)C(=O)c1cn(C)c2cccc(N)c2c1=O. The van der Waals surface area contributed by atoms with E-state index in [9.17, 15) is 14.4 Å². The number of fused-ring (bicyclic) bond motifs is 1. The standard InChI is InChI=1S/C14H15N3O4/c1-16-6-8(14(21)17(2)7-11(18)19)13(20)12-9(15)4-3-5-10(12)16/h3-6H,7,15H2,1-2H3,(H,18,19). The van der Waals surface area contributed by atoms with Crippen LogP contribution in [-0.4, -0.2) is 40.0 Å². The number of likely N-dealkylation sites (N-methyl/N-ethyl adjacent to an activating group) is 1. The summed E-state index contributed by atoms with van der Waals surface area (Å²) in [6.45, 7) is -0.482. The highest BCUT2D eigenvalue weighted by molar-refractivity contribution is 6.00. The molecule has 2 rings (SSSR count). The van der Waals surface area contributed by atoms with E-state index in [0.717, 1.165) is 4.90 Å². The van der Waals surface area contributed by atoms with E-state index in [4.69, 9.17) is 10.8 Å². The monoisotopic (exact) mass is 289 g/mol. The first kappa shape index (κ1) is 14.6. The van der Waals surface area contributed by atoms with Crippen LogP contribution in [0.4, 0.5) is 5.69 Å². The molecule has 1 amide bonds. The zero-order chi connectivity index (χ0) is 15.7. The van der Waals surface area contributed by atoms with E-state index in [0.29, 0.717) is 5.52 Å². The molecule has 0 saturated carbocycles. The average Bonchev–Trinajstić information content (AvgIpc) is 2.41. The lowest BCUT2D eigenvalue weighted by Crippen LogP contribution is -2.35. The lowest BCUT2D eigenvalue weighted by Gasteiger charge is -2.16. The number of hydrogen-bond acceptors (Lipinski definition) is 4. The zero-order valence-electron chi connectivity index (χ0n) is 11.7. The molecule has 3 N–H and O–H groups in total. The van der Waals surface area contributed by atoms with Crippen molar-refractivity contribution in [2.75, 3.05) is 19.3 Å². The van der Waals surface area contributed by atoms with Crippen LogP contribution in [0.25, 0.3) is 10.9 Å². The summed E-state index contributed by atoms with van der Waals surface area (Å²) < 4.78 is 1.62. The Labute approximate surface area is 120 Å². The Bertz CT molecular complexity index is 795. The molecule has 0 aliphatic rings. The number of aliphatic carboxylic acids is 1. The number of rotatable bonds is 3. The van der Waals surface area contributed by atoms with Crippen LogP contribution >= 0.6 is 0 Å². The van der Waals surface area contributed by atoms with Gasteiger partial charge in [-0.2, -0.15) is 0 Å². The zero-order valence-corrected chi connectivity index (χ0v) is 11.7. The number of amides is 1. The Balaban J connectivity index is 2.64. The van der Waals surface area contributed by atoms with Gasteiger partial charge in [-0.25, -0.2) is 0 Å². The number of aromatic nitrogens is 1. The second-order valence-electron chi connectivity index (χ2n) is 4.78. The Kier molecular flexibility index (Phi) is 3.66. The quantitative estimate of drug-likeness (QED) is 0.789. The molecular formula is C14H15N3O4. The first-order valence-corrected chi connectivity index (χ1v) is 6.18. The molecule has 1 heterocycles. The Morgan fingerprint density at radius 3 is 2.67 bits per heavy atom. The van der Waals surface area contributed by atoms with Gasteiger partial charge >= 0.3 is 5.97 Å². The second-order valence-corrected chi connectivity index (χ2v) is 4.78. The largest absolute Gasteiger partial charge is 0.480 e. The summed E-state index contributed by atoms with van der Waals surface area (Å²) in [5.41, 5.74) is 6.11. The van der Waals surface area contributed by atoms with Gasteiger partial charge in [-0.05, 0) is 12.1 Å². The number of nitrogens with zero attached hydrogens (tertiary/aromatic N) is 2. The van der Waals surface area contributed by atoms with E-state index in [2.05, 4.69) is 0 Å². The molecular weight excluding hydrogens is 274 g/mol. The summed E-state index contributed by atoms with van der Waals surface area (Å²) in [5.74, 6) is -1.80. The minimum atomic E-state index is -1.15. The third-order valence-electron chi connectivity index (χ3n) is 3.20. The molecule has 0 spiro atoms. The molecule has 2 aromatic rings. The topological polar surface area (TPSA) is 106 Å². The highest BCUT2D eigenvalue weighted by Gasteiger charge is 2.20. The normalized spacial score (nSPS) is 10.6. The number of carbonyl (C=O) groups excluding carboxylic acids is 1. The molecule has 0 bridgehead atoms. The number of carbonyl (C=O) groups is 2. The second kappa shape index (κ2) is 5.28. The number of carboxylic acids is 1. The van der Waals surface area contributed by atoms with Crippen molar-refractivity contribution in [3.05, 3.63) is 40.2 Å². The summed E-state index contributed by atoms with van der Waals surface area (Å²) >= 11 is 0. The van der Waals surface area contributed by atoms with Gasteiger partial charge in [0, 0.05) is 26.0 Å². The summed E-state index contributed by atoms with van der Waals surface area (Å²) in [6.07, 6.45) is 1.39. The van der Waals surface area contributed by atoms with E-state index in [1.807, 2.05) is 0 Å². The maximum atomic E-state index is 12.4. The molecule has 0 aliphatic carbocycles. The third kappa shape index (κ3) is 2.58. The maximum absolute atomic E-state index is 12.4. The van der Waals surface area contributed by atoms with Gasteiger partial charge in [0.2, 0.25) is 5.43 Å². The molecule has 1 aromatic heterocycles. The molecule has 0 saturated heterocycles.